The number of aromatic nitrogens is 2. The molecule has 0 aliphatic heterocycles. The number of aryl methyl sites for hydroxylation is 1. The number of hydrogen-bond donors (Lipinski definition) is 1. The molecule has 0 radical (unpaired) electrons. The number of nitrogens with zero attached hydrogens (tertiary/aromatic N) is 4. The average Bonchev–Trinajstić information content (AvgIpc) is 3.15. The Hall–Kier alpha value is -0.740. The molecule has 0 amide bonds. The van der Waals surface area contributed by atoms with Crippen molar-refractivity contribution in [1.29, 1.82) is 0 Å². The van der Waals surface area contributed by atoms with Crippen molar-refractivity contribution in [2.45, 2.75) is 46.6 Å². The first-order valence-electron chi connectivity index (χ1n) is 8.34. The zero-order valence-corrected chi connectivity index (χ0v) is 19.5. The molecule has 0 saturated carbocycles. The van der Waals surface area contributed by atoms with Crippen LogP contribution in [0.4, 0.5) is 0 Å². The standard InChI is InChI=1S/C17H27N5S2.HI/c1-6-18-17(22(5)9-15-11-23-13(4)20-15)19-8-7-14-10-24-16(21-14)12(2)3;/h10-12H,6-9H2,1-5H3,(H,18,19);1H. The fourth-order valence-electron chi connectivity index (χ4n) is 2.25. The molecule has 140 valence electrons. The molecule has 25 heavy (non-hydrogen) atoms. The molecular weight excluding hydrogens is 465 g/mol. The Labute approximate surface area is 176 Å². The summed E-state index contributed by atoms with van der Waals surface area (Å²) in [6.07, 6.45) is 0.877. The Morgan fingerprint density at radius 1 is 1.24 bits per heavy atom. The Bertz CT molecular complexity index is 666. The summed E-state index contributed by atoms with van der Waals surface area (Å²) >= 11 is 3.43. The van der Waals surface area contributed by atoms with Gasteiger partial charge in [0.25, 0.3) is 0 Å². The Balaban J connectivity index is 0.00000312. The summed E-state index contributed by atoms with van der Waals surface area (Å²) in [7, 11) is 2.05. The van der Waals surface area contributed by atoms with Crippen LogP contribution in [0, 0.1) is 6.92 Å². The highest BCUT2D eigenvalue weighted by atomic mass is 127. The van der Waals surface area contributed by atoms with E-state index in [4.69, 9.17) is 4.99 Å². The average molecular weight is 493 g/mol. The topological polar surface area (TPSA) is 53.4 Å². The molecule has 0 unspecified atom stereocenters. The number of guanidine groups is 1. The summed E-state index contributed by atoms with van der Waals surface area (Å²) in [5.41, 5.74) is 2.23. The molecule has 8 heteroatoms. The molecule has 0 atom stereocenters. The molecule has 0 aliphatic carbocycles. The summed E-state index contributed by atoms with van der Waals surface area (Å²) in [6.45, 7) is 10.8. The lowest BCUT2D eigenvalue weighted by atomic mass is 10.2. The summed E-state index contributed by atoms with van der Waals surface area (Å²) in [5, 5.41) is 9.92. The summed E-state index contributed by atoms with van der Waals surface area (Å²) < 4.78 is 0. The van der Waals surface area contributed by atoms with Gasteiger partial charge in [-0.15, -0.1) is 46.7 Å². The van der Waals surface area contributed by atoms with E-state index in [0.717, 1.165) is 48.4 Å². The summed E-state index contributed by atoms with van der Waals surface area (Å²) in [6, 6.07) is 0. The lowest BCUT2D eigenvalue weighted by Gasteiger charge is -2.21. The highest BCUT2D eigenvalue weighted by Crippen LogP contribution is 2.19. The molecule has 0 bridgehead atoms. The quantitative estimate of drug-likeness (QED) is 0.355. The molecule has 0 aromatic carbocycles. The van der Waals surface area contributed by atoms with E-state index in [1.165, 1.54) is 5.01 Å². The van der Waals surface area contributed by atoms with Crippen molar-refractivity contribution in [3.05, 3.63) is 32.2 Å². The maximum Gasteiger partial charge on any atom is 0.194 e. The molecule has 0 fully saturated rings. The number of aliphatic imine (C=N–C) groups is 1. The van der Waals surface area contributed by atoms with Gasteiger partial charge in [0.1, 0.15) is 0 Å². The van der Waals surface area contributed by atoms with Gasteiger partial charge in [-0.25, -0.2) is 9.97 Å². The summed E-state index contributed by atoms with van der Waals surface area (Å²) in [5.74, 6) is 1.42. The van der Waals surface area contributed by atoms with E-state index in [2.05, 4.69) is 58.8 Å². The monoisotopic (exact) mass is 493 g/mol. The van der Waals surface area contributed by atoms with E-state index < -0.39 is 0 Å². The molecule has 2 heterocycles. The highest BCUT2D eigenvalue weighted by Gasteiger charge is 2.09. The van der Waals surface area contributed by atoms with E-state index in [9.17, 15) is 0 Å². The number of halogens is 1. The number of rotatable bonds is 7. The van der Waals surface area contributed by atoms with Crippen molar-refractivity contribution < 1.29 is 0 Å². The smallest absolute Gasteiger partial charge is 0.194 e. The number of nitrogens with one attached hydrogen (secondary N) is 1. The first-order chi connectivity index (χ1) is 11.5. The largest absolute Gasteiger partial charge is 0.357 e. The normalized spacial score (nSPS) is 11.5. The fourth-order valence-corrected chi connectivity index (χ4v) is 3.72. The Morgan fingerprint density at radius 3 is 2.52 bits per heavy atom. The maximum atomic E-state index is 4.74. The second-order valence-electron chi connectivity index (χ2n) is 6.03. The van der Waals surface area contributed by atoms with Crippen LogP contribution >= 0.6 is 46.7 Å². The van der Waals surface area contributed by atoms with E-state index in [1.807, 2.05) is 6.92 Å². The highest BCUT2D eigenvalue weighted by molar-refractivity contribution is 14.0. The van der Waals surface area contributed by atoms with Gasteiger partial charge in [-0.1, -0.05) is 13.8 Å². The zero-order chi connectivity index (χ0) is 17.5. The van der Waals surface area contributed by atoms with E-state index in [-0.39, 0.29) is 24.0 Å². The fraction of sp³-hybridized carbons (Fsp3) is 0.588. The van der Waals surface area contributed by atoms with E-state index in [1.54, 1.807) is 22.7 Å². The SMILES string of the molecule is CCNC(=NCCc1csc(C(C)C)n1)N(C)Cc1csc(C)n1.I. The number of thiazole rings is 2. The van der Waals surface area contributed by atoms with Crippen LogP contribution in [-0.4, -0.2) is 41.0 Å². The van der Waals surface area contributed by atoms with Crippen molar-refractivity contribution in [2.24, 2.45) is 4.99 Å². The first-order valence-corrected chi connectivity index (χ1v) is 10.1. The molecule has 0 aliphatic rings. The second-order valence-corrected chi connectivity index (χ2v) is 7.98. The third kappa shape index (κ3) is 7.18. The van der Waals surface area contributed by atoms with Gasteiger partial charge >= 0.3 is 0 Å². The van der Waals surface area contributed by atoms with Gasteiger partial charge in [-0.2, -0.15) is 0 Å². The molecule has 2 aromatic heterocycles. The van der Waals surface area contributed by atoms with Crippen LogP contribution in [0.15, 0.2) is 15.8 Å². The van der Waals surface area contributed by atoms with Gasteiger partial charge in [0.15, 0.2) is 5.96 Å². The molecular formula is C17H28IN5S2. The first kappa shape index (κ1) is 22.3. The second kappa shape index (κ2) is 11.1. The minimum Gasteiger partial charge on any atom is -0.357 e. The lowest BCUT2D eigenvalue weighted by Crippen LogP contribution is -2.38. The Morgan fingerprint density at radius 2 is 1.96 bits per heavy atom. The van der Waals surface area contributed by atoms with Gasteiger partial charge in [0.05, 0.1) is 27.9 Å². The molecule has 2 aromatic rings. The zero-order valence-electron chi connectivity index (χ0n) is 15.6. The van der Waals surface area contributed by atoms with E-state index in [0.29, 0.717) is 5.92 Å². The van der Waals surface area contributed by atoms with Crippen LogP contribution in [-0.2, 0) is 13.0 Å². The number of hydrogen-bond acceptors (Lipinski definition) is 5. The van der Waals surface area contributed by atoms with Crippen LogP contribution in [0.3, 0.4) is 0 Å². The molecule has 5 nitrogen and oxygen atoms in total. The third-order valence-electron chi connectivity index (χ3n) is 3.46. The lowest BCUT2D eigenvalue weighted by molar-refractivity contribution is 0.471. The van der Waals surface area contributed by atoms with Crippen LogP contribution in [0.1, 0.15) is 48.1 Å². The summed E-state index contributed by atoms with van der Waals surface area (Å²) in [4.78, 5) is 16.1. The van der Waals surface area contributed by atoms with E-state index >= 15 is 0 Å². The molecule has 0 spiro atoms. The maximum absolute atomic E-state index is 4.74. The van der Waals surface area contributed by atoms with Crippen LogP contribution in [0.5, 0.6) is 0 Å². The van der Waals surface area contributed by atoms with Gasteiger partial charge in [0, 0.05) is 43.2 Å². The van der Waals surface area contributed by atoms with Crippen LogP contribution in [0.25, 0.3) is 0 Å². The molecule has 1 N–H and O–H groups in total. The van der Waals surface area contributed by atoms with Gasteiger partial charge < -0.3 is 10.2 Å². The predicted molar refractivity (Wildman–Crippen MR) is 120 cm³/mol. The van der Waals surface area contributed by atoms with Crippen molar-refractivity contribution in [3.8, 4) is 0 Å². The third-order valence-corrected chi connectivity index (χ3v) is 5.47. The predicted octanol–water partition coefficient (Wildman–Crippen LogP) is 4.29. The van der Waals surface area contributed by atoms with Crippen LogP contribution in [0.2, 0.25) is 0 Å². The van der Waals surface area contributed by atoms with Crippen molar-refractivity contribution in [1.82, 2.24) is 20.2 Å². The minimum absolute atomic E-state index is 0. The molecule has 2 rings (SSSR count). The minimum atomic E-state index is 0. The van der Waals surface area contributed by atoms with Gasteiger partial charge in [-0.3, -0.25) is 4.99 Å². The van der Waals surface area contributed by atoms with Crippen molar-refractivity contribution in [2.75, 3.05) is 20.1 Å². The van der Waals surface area contributed by atoms with Gasteiger partial charge in [-0.05, 0) is 13.8 Å². The van der Waals surface area contributed by atoms with Gasteiger partial charge in [0.2, 0.25) is 0 Å². The van der Waals surface area contributed by atoms with Crippen molar-refractivity contribution in [3.63, 3.8) is 0 Å². The Kier molecular flexibility index (Phi) is 9.88. The van der Waals surface area contributed by atoms with Crippen molar-refractivity contribution >= 4 is 52.6 Å². The van der Waals surface area contributed by atoms with Crippen LogP contribution < -0.4 is 5.32 Å². The molecule has 0 saturated heterocycles.